The standard InChI is InChI=1S/C17H21BrN2/c1-3-4-5-6-16-17-14(9-10-20(16)2)13-8-7-12(18)11-15(13)19-17/h3,7-8,11,16,19H,1,4-6,9-10H2,2H3. The van der Waals surface area contributed by atoms with E-state index in [0.717, 1.165) is 23.9 Å². The molecule has 0 fully saturated rings. The molecule has 3 heteroatoms. The van der Waals surface area contributed by atoms with Crippen LogP contribution in [-0.4, -0.2) is 23.5 Å². The number of hydrogen-bond acceptors (Lipinski definition) is 1. The molecule has 1 aliphatic rings. The Labute approximate surface area is 129 Å². The highest BCUT2D eigenvalue weighted by molar-refractivity contribution is 9.10. The quantitative estimate of drug-likeness (QED) is 0.628. The summed E-state index contributed by atoms with van der Waals surface area (Å²) in [7, 11) is 2.24. The van der Waals surface area contributed by atoms with Gasteiger partial charge < -0.3 is 4.98 Å². The van der Waals surface area contributed by atoms with E-state index in [1.54, 1.807) is 0 Å². The van der Waals surface area contributed by atoms with Gasteiger partial charge in [-0.3, -0.25) is 4.90 Å². The summed E-state index contributed by atoms with van der Waals surface area (Å²) in [5.74, 6) is 0. The molecule has 3 rings (SSSR count). The molecule has 106 valence electrons. The van der Waals surface area contributed by atoms with Gasteiger partial charge in [0.2, 0.25) is 0 Å². The molecule has 1 N–H and O–H groups in total. The number of fused-ring (bicyclic) bond motifs is 3. The first-order valence-electron chi connectivity index (χ1n) is 7.32. The van der Waals surface area contributed by atoms with Crippen LogP contribution in [0.4, 0.5) is 0 Å². The van der Waals surface area contributed by atoms with Gasteiger partial charge in [-0.2, -0.15) is 0 Å². The number of aromatic amines is 1. The number of unbranched alkanes of at least 4 members (excludes halogenated alkanes) is 1. The molecule has 0 radical (unpaired) electrons. The summed E-state index contributed by atoms with van der Waals surface area (Å²) in [6.45, 7) is 4.97. The van der Waals surface area contributed by atoms with Crippen molar-refractivity contribution in [1.82, 2.24) is 9.88 Å². The topological polar surface area (TPSA) is 19.0 Å². The van der Waals surface area contributed by atoms with Gasteiger partial charge >= 0.3 is 0 Å². The number of rotatable bonds is 4. The Morgan fingerprint density at radius 3 is 3.15 bits per heavy atom. The number of nitrogens with one attached hydrogen (secondary N) is 1. The van der Waals surface area contributed by atoms with Gasteiger partial charge in [-0.15, -0.1) is 6.58 Å². The second kappa shape index (κ2) is 5.74. The minimum absolute atomic E-state index is 0.518. The van der Waals surface area contributed by atoms with Crippen LogP contribution in [0.3, 0.4) is 0 Å². The number of allylic oxidation sites excluding steroid dienone is 1. The molecule has 2 nitrogen and oxygen atoms in total. The fourth-order valence-corrected chi connectivity index (χ4v) is 3.65. The first-order valence-corrected chi connectivity index (χ1v) is 8.11. The number of halogens is 1. The Morgan fingerprint density at radius 1 is 1.50 bits per heavy atom. The average molecular weight is 333 g/mol. The van der Waals surface area contributed by atoms with Crippen molar-refractivity contribution >= 4 is 26.8 Å². The Kier molecular flexibility index (Phi) is 3.99. The highest BCUT2D eigenvalue weighted by atomic mass is 79.9. The second-order valence-electron chi connectivity index (χ2n) is 5.67. The molecule has 2 heterocycles. The van der Waals surface area contributed by atoms with Crippen molar-refractivity contribution in [2.75, 3.05) is 13.6 Å². The summed E-state index contributed by atoms with van der Waals surface area (Å²) < 4.78 is 1.14. The van der Waals surface area contributed by atoms with Gasteiger partial charge in [-0.05, 0) is 50.4 Å². The van der Waals surface area contributed by atoms with Crippen LogP contribution in [0.15, 0.2) is 35.3 Å². The molecule has 0 spiro atoms. The summed E-state index contributed by atoms with van der Waals surface area (Å²) in [5.41, 5.74) is 4.21. The maximum atomic E-state index is 3.82. The van der Waals surface area contributed by atoms with E-state index in [1.165, 1.54) is 35.0 Å². The number of hydrogen-bond donors (Lipinski definition) is 1. The van der Waals surface area contributed by atoms with Gasteiger partial charge in [0.05, 0.1) is 0 Å². The lowest BCUT2D eigenvalue weighted by Gasteiger charge is -2.32. The zero-order chi connectivity index (χ0) is 14.1. The van der Waals surface area contributed by atoms with E-state index in [9.17, 15) is 0 Å². The Hall–Kier alpha value is -1.06. The zero-order valence-electron chi connectivity index (χ0n) is 12.0. The maximum absolute atomic E-state index is 3.82. The van der Waals surface area contributed by atoms with Crippen molar-refractivity contribution in [1.29, 1.82) is 0 Å². The first kappa shape index (κ1) is 13.9. The molecule has 0 bridgehead atoms. The maximum Gasteiger partial charge on any atom is 0.0498 e. The van der Waals surface area contributed by atoms with Crippen LogP contribution in [-0.2, 0) is 6.42 Å². The third kappa shape index (κ3) is 2.45. The van der Waals surface area contributed by atoms with Gasteiger partial charge in [-0.25, -0.2) is 0 Å². The summed E-state index contributed by atoms with van der Waals surface area (Å²) in [6, 6.07) is 7.08. The van der Waals surface area contributed by atoms with E-state index >= 15 is 0 Å². The molecule has 1 aromatic heterocycles. The minimum Gasteiger partial charge on any atom is -0.357 e. The van der Waals surface area contributed by atoms with Gasteiger partial charge in [-0.1, -0.05) is 28.1 Å². The van der Waals surface area contributed by atoms with Crippen LogP contribution in [0.25, 0.3) is 10.9 Å². The molecule has 0 aliphatic carbocycles. The van der Waals surface area contributed by atoms with Crippen molar-refractivity contribution < 1.29 is 0 Å². The van der Waals surface area contributed by atoms with Gasteiger partial charge in [0.1, 0.15) is 0 Å². The highest BCUT2D eigenvalue weighted by Crippen LogP contribution is 2.36. The third-order valence-electron chi connectivity index (χ3n) is 4.37. The fourth-order valence-electron chi connectivity index (χ4n) is 3.29. The molecule has 0 saturated heterocycles. The Balaban J connectivity index is 1.99. The Morgan fingerprint density at radius 2 is 2.35 bits per heavy atom. The van der Waals surface area contributed by atoms with Crippen LogP contribution in [0.2, 0.25) is 0 Å². The van der Waals surface area contributed by atoms with Crippen molar-refractivity contribution in [2.45, 2.75) is 31.7 Å². The van der Waals surface area contributed by atoms with E-state index in [2.05, 4.69) is 57.6 Å². The number of likely N-dealkylation sites (N-methyl/N-ethyl adjacent to an activating group) is 1. The SMILES string of the molecule is C=CCCCC1c2[nH]c3cc(Br)ccc3c2CCN1C. The van der Waals surface area contributed by atoms with Gasteiger partial charge in [0.15, 0.2) is 0 Å². The second-order valence-corrected chi connectivity index (χ2v) is 6.59. The van der Waals surface area contributed by atoms with E-state index in [4.69, 9.17) is 0 Å². The molecule has 2 aromatic rings. The third-order valence-corrected chi connectivity index (χ3v) is 4.86. The number of H-pyrrole nitrogens is 1. The van der Waals surface area contributed by atoms with E-state index in [-0.39, 0.29) is 0 Å². The normalized spacial score (nSPS) is 19.2. The first-order chi connectivity index (χ1) is 9.70. The number of benzene rings is 1. The lowest BCUT2D eigenvalue weighted by Crippen LogP contribution is -2.32. The molecule has 0 saturated carbocycles. The lowest BCUT2D eigenvalue weighted by atomic mass is 9.94. The monoisotopic (exact) mass is 332 g/mol. The average Bonchev–Trinajstić information content (AvgIpc) is 2.79. The predicted octanol–water partition coefficient (Wildman–Crippen LogP) is 4.82. The summed E-state index contributed by atoms with van der Waals surface area (Å²) in [6.07, 6.45) is 6.67. The highest BCUT2D eigenvalue weighted by Gasteiger charge is 2.27. The fraction of sp³-hybridized carbons (Fsp3) is 0.412. The predicted molar refractivity (Wildman–Crippen MR) is 89.1 cm³/mol. The summed E-state index contributed by atoms with van der Waals surface area (Å²) >= 11 is 3.56. The minimum atomic E-state index is 0.518. The van der Waals surface area contributed by atoms with Crippen molar-refractivity contribution in [2.24, 2.45) is 0 Å². The van der Waals surface area contributed by atoms with E-state index in [1.807, 2.05) is 6.08 Å². The zero-order valence-corrected chi connectivity index (χ0v) is 13.5. The molecular weight excluding hydrogens is 312 g/mol. The molecule has 0 amide bonds. The molecule has 1 unspecified atom stereocenters. The number of nitrogens with zero attached hydrogens (tertiary/aromatic N) is 1. The van der Waals surface area contributed by atoms with Crippen LogP contribution in [0, 0.1) is 0 Å². The lowest BCUT2D eigenvalue weighted by molar-refractivity contribution is 0.213. The van der Waals surface area contributed by atoms with Gasteiger partial charge in [0, 0.05) is 33.7 Å². The van der Waals surface area contributed by atoms with E-state index < -0.39 is 0 Å². The molecular formula is C17H21BrN2. The van der Waals surface area contributed by atoms with Crippen molar-refractivity contribution in [3.63, 3.8) is 0 Å². The molecule has 20 heavy (non-hydrogen) atoms. The smallest absolute Gasteiger partial charge is 0.0498 e. The molecule has 1 atom stereocenters. The Bertz CT molecular complexity index is 629. The summed E-state index contributed by atoms with van der Waals surface area (Å²) in [4.78, 5) is 6.15. The summed E-state index contributed by atoms with van der Waals surface area (Å²) in [5, 5.41) is 1.39. The largest absolute Gasteiger partial charge is 0.357 e. The molecule has 1 aliphatic heterocycles. The van der Waals surface area contributed by atoms with Crippen LogP contribution < -0.4 is 0 Å². The van der Waals surface area contributed by atoms with Crippen LogP contribution in [0.5, 0.6) is 0 Å². The van der Waals surface area contributed by atoms with Crippen LogP contribution in [0.1, 0.15) is 36.6 Å². The van der Waals surface area contributed by atoms with Gasteiger partial charge in [0.25, 0.3) is 0 Å². The molecule has 1 aromatic carbocycles. The van der Waals surface area contributed by atoms with E-state index in [0.29, 0.717) is 6.04 Å². The number of aromatic nitrogens is 1. The van der Waals surface area contributed by atoms with Crippen molar-refractivity contribution in [3.8, 4) is 0 Å². The van der Waals surface area contributed by atoms with Crippen LogP contribution >= 0.6 is 15.9 Å². The van der Waals surface area contributed by atoms with Crippen molar-refractivity contribution in [3.05, 3.63) is 46.6 Å².